The van der Waals surface area contributed by atoms with Crippen LogP contribution in [0.25, 0.3) is 0 Å². The molecule has 0 saturated carbocycles. The molecular weight excluding hydrogens is 290 g/mol. The third-order valence-corrected chi connectivity index (χ3v) is 4.54. The largest absolute Gasteiger partial charge is 0.366 e. The smallest absolute Gasteiger partial charge is 0.250 e. The lowest BCUT2D eigenvalue weighted by Gasteiger charge is -2.35. The van der Waals surface area contributed by atoms with Crippen LogP contribution in [0.15, 0.2) is 18.2 Å². The molecule has 1 aromatic carbocycles. The molecule has 0 atom stereocenters. The molecule has 114 valence electrons. The van der Waals surface area contributed by atoms with Gasteiger partial charge in [0.1, 0.15) is 0 Å². The summed E-state index contributed by atoms with van der Waals surface area (Å²) < 4.78 is 0. The van der Waals surface area contributed by atoms with Crippen LogP contribution >= 0.6 is 11.6 Å². The highest BCUT2D eigenvalue weighted by atomic mass is 35.5. The molecule has 21 heavy (non-hydrogen) atoms. The minimum atomic E-state index is -0.608. The number of benzene rings is 1. The number of carbonyl (C=O) groups excluding carboxylic acids is 2. The first-order valence-electron chi connectivity index (χ1n) is 7.10. The Morgan fingerprint density at radius 2 is 2.05 bits per heavy atom. The third kappa shape index (κ3) is 3.36. The van der Waals surface area contributed by atoms with Gasteiger partial charge in [0.05, 0.1) is 16.0 Å². The Bertz CT molecular complexity index is 554. The van der Waals surface area contributed by atoms with E-state index in [1.54, 1.807) is 12.1 Å². The fourth-order valence-electron chi connectivity index (χ4n) is 2.70. The second kappa shape index (κ2) is 6.45. The number of primary amides is 1. The summed E-state index contributed by atoms with van der Waals surface area (Å²) >= 11 is 5.91. The molecule has 1 aromatic rings. The highest BCUT2D eigenvalue weighted by Crippen LogP contribution is 2.34. The van der Waals surface area contributed by atoms with Crippen LogP contribution in [0, 0.1) is 5.41 Å². The van der Waals surface area contributed by atoms with Crippen molar-refractivity contribution < 1.29 is 9.59 Å². The Kier molecular flexibility index (Phi) is 4.85. The number of rotatable bonds is 4. The lowest BCUT2D eigenvalue weighted by Crippen LogP contribution is -2.44. The molecule has 1 fully saturated rings. The normalized spacial score (nSPS) is 17.2. The van der Waals surface area contributed by atoms with Gasteiger partial charge >= 0.3 is 0 Å². The van der Waals surface area contributed by atoms with Crippen LogP contribution in [0.3, 0.4) is 0 Å². The molecule has 1 aliphatic rings. The molecule has 1 saturated heterocycles. The summed E-state index contributed by atoms with van der Waals surface area (Å²) in [6.45, 7) is 3.71. The quantitative estimate of drug-likeness (QED) is 0.797. The molecule has 6 heteroatoms. The second-order valence-corrected chi connectivity index (χ2v) is 5.80. The van der Waals surface area contributed by atoms with Crippen molar-refractivity contribution in [1.82, 2.24) is 5.32 Å². The van der Waals surface area contributed by atoms with Crippen LogP contribution in [-0.4, -0.2) is 24.9 Å². The van der Waals surface area contributed by atoms with Crippen molar-refractivity contribution in [2.24, 2.45) is 11.1 Å². The van der Waals surface area contributed by atoms with Crippen molar-refractivity contribution >= 4 is 29.1 Å². The number of amides is 2. The Balaban J connectivity index is 2.19. The third-order valence-electron chi connectivity index (χ3n) is 4.21. The van der Waals surface area contributed by atoms with E-state index in [0.717, 1.165) is 32.4 Å². The van der Waals surface area contributed by atoms with Crippen LogP contribution in [0.4, 0.5) is 5.69 Å². The summed E-state index contributed by atoms with van der Waals surface area (Å²) in [4.78, 5) is 23.9. The molecule has 0 aliphatic carbocycles. The highest BCUT2D eigenvalue weighted by Gasteiger charge is 2.37. The van der Waals surface area contributed by atoms with Crippen molar-refractivity contribution in [3.8, 4) is 0 Å². The molecule has 0 aromatic heterocycles. The molecule has 5 nitrogen and oxygen atoms in total. The Hall–Kier alpha value is -1.59. The van der Waals surface area contributed by atoms with Gasteiger partial charge in [0.2, 0.25) is 11.8 Å². The molecule has 0 unspecified atom stereocenters. The average molecular weight is 310 g/mol. The number of nitrogens with two attached hydrogens (primary N) is 1. The highest BCUT2D eigenvalue weighted by molar-refractivity contribution is 6.34. The van der Waals surface area contributed by atoms with Gasteiger partial charge in [-0.3, -0.25) is 9.59 Å². The van der Waals surface area contributed by atoms with Gasteiger partial charge < -0.3 is 16.4 Å². The number of piperidine rings is 1. The lowest BCUT2D eigenvalue weighted by atomic mass is 9.76. The van der Waals surface area contributed by atoms with E-state index in [0.29, 0.717) is 5.69 Å². The molecule has 0 bridgehead atoms. The fraction of sp³-hybridized carbons (Fsp3) is 0.467. The first-order valence-corrected chi connectivity index (χ1v) is 7.48. The standard InChI is InChI=1S/C15H20ClN3O2/c1-2-15(5-7-18-8-6-15)14(21)19-10-3-4-12(16)11(9-10)13(17)20/h3-4,9,18H,2,5-8H2,1H3,(H2,17,20)(H,19,21). The van der Waals surface area contributed by atoms with Crippen molar-refractivity contribution in [2.75, 3.05) is 18.4 Å². The van der Waals surface area contributed by atoms with E-state index in [1.807, 2.05) is 6.92 Å². The molecule has 0 radical (unpaired) electrons. The Morgan fingerprint density at radius 3 is 2.62 bits per heavy atom. The number of nitrogens with one attached hydrogen (secondary N) is 2. The van der Waals surface area contributed by atoms with Crippen molar-refractivity contribution in [3.63, 3.8) is 0 Å². The molecular formula is C15H20ClN3O2. The van der Waals surface area contributed by atoms with E-state index in [4.69, 9.17) is 17.3 Å². The molecule has 2 amide bonds. The van der Waals surface area contributed by atoms with Crippen molar-refractivity contribution in [1.29, 1.82) is 0 Å². The minimum absolute atomic E-state index is 0.00996. The predicted octanol–water partition coefficient (Wildman–Crippen LogP) is 2.16. The van der Waals surface area contributed by atoms with E-state index in [9.17, 15) is 9.59 Å². The topological polar surface area (TPSA) is 84.2 Å². The molecule has 1 heterocycles. The average Bonchev–Trinajstić information content (AvgIpc) is 2.49. The SMILES string of the molecule is CCC1(C(=O)Nc2ccc(Cl)c(C(N)=O)c2)CCNCC1. The molecule has 0 spiro atoms. The van der Waals surface area contributed by atoms with Gasteiger partial charge in [0, 0.05) is 5.69 Å². The minimum Gasteiger partial charge on any atom is -0.366 e. The number of hydrogen-bond acceptors (Lipinski definition) is 3. The maximum absolute atomic E-state index is 12.6. The van der Waals surface area contributed by atoms with Gasteiger partial charge in [-0.2, -0.15) is 0 Å². The van der Waals surface area contributed by atoms with Gasteiger partial charge in [0.15, 0.2) is 0 Å². The van der Waals surface area contributed by atoms with Crippen LogP contribution in [0.2, 0.25) is 5.02 Å². The first kappa shape index (κ1) is 15.8. The van der Waals surface area contributed by atoms with E-state index < -0.39 is 5.91 Å². The monoisotopic (exact) mass is 309 g/mol. The maximum Gasteiger partial charge on any atom is 0.250 e. The summed E-state index contributed by atoms with van der Waals surface area (Å²) in [5, 5.41) is 6.44. The van der Waals surface area contributed by atoms with E-state index in [1.165, 1.54) is 6.07 Å². The molecule has 2 rings (SSSR count). The van der Waals surface area contributed by atoms with Crippen molar-refractivity contribution in [3.05, 3.63) is 28.8 Å². The van der Waals surface area contributed by atoms with Crippen LogP contribution < -0.4 is 16.4 Å². The summed E-state index contributed by atoms with van der Waals surface area (Å²) in [7, 11) is 0. The van der Waals surface area contributed by atoms with E-state index >= 15 is 0 Å². The van der Waals surface area contributed by atoms with Crippen LogP contribution in [0.1, 0.15) is 36.5 Å². The van der Waals surface area contributed by atoms with E-state index in [-0.39, 0.29) is 21.9 Å². The zero-order chi connectivity index (χ0) is 15.5. The number of hydrogen-bond donors (Lipinski definition) is 3. The van der Waals surface area contributed by atoms with Gasteiger partial charge in [-0.25, -0.2) is 0 Å². The molecule has 1 aliphatic heterocycles. The maximum atomic E-state index is 12.6. The summed E-state index contributed by atoms with van der Waals surface area (Å²) in [5.41, 5.74) is 5.67. The van der Waals surface area contributed by atoms with Crippen LogP contribution in [0.5, 0.6) is 0 Å². The van der Waals surface area contributed by atoms with E-state index in [2.05, 4.69) is 10.6 Å². The Morgan fingerprint density at radius 1 is 1.38 bits per heavy atom. The van der Waals surface area contributed by atoms with Gasteiger partial charge in [-0.1, -0.05) is 18.5 Å². The Labute approximate surface area is 129 Å². The zero-order valence-electron chi connectivity index (χ0n) is 12.0. The van der Waals surface area contributed by atoms with Crippen LogP contribution in [-0.2, 0) is 4.79 Å². The molecule has 4 N–H and O–H groups in total. The van der Waals surface area contributed by atoms with Gasteiger partial charge in [-0.05, 0) is 50.6 Å². The number of carbonyl (C=O) groups is 2. The first-order chi connectivity index (χ1) is 9.98. The summed E-state index contributed by atoms with van der Waals surface area (Å²) in [6.07, 6.45) is 2.41. The fourth-order valence-corrected chi connectivity index (χ4v) is 2.91. The zero-order valence-corrected chi connectivity index (χ0v) is 12.8. The summed E-state index contributed by atoms with van der Waals surface area (Å²) in [6, 6.07) is 4.77. The lowest BCUT2D eigenvalue weighted by molar-refractivity contribution is -0.127. The second-order valence-electron chi connectivity index (χ2n) is 5.40. The van der Waals surface area contributed by atoms with Gasteiger partial charge in [0.25, 0.3) is 0 Å². The van der Waals surface area contributed by atoms with Gasteiger partial charge in [-0.15, -0.1) is 0 Å². The summed E-state index contributed by atoms with van der Waals surface area (Å²) in [5.74, 6) is -0.618. The predicted molar refractivity (Wildman–Crippen MR) is 83.4 cm³/mol. The van der Waals surface area contributed by atoms with Crippen molar-refractivity contribution in [2.45, 2.75) is 26.2 Å². The number of anilines is 1. The number of halogens is 1.